The molecule has 0 fully saturated rings. The maximum Gasteiger partial charge on any atom is 0.277 e. The number of hydrogen-bond donors (Lipinski definition) is 1. The number of nitrogens with one attached hydrogen (secondary N) is 1. The quantitative estimate of drug-likeness (QED) is 0.668. The molecule has 1 aromatic carbocycles. The lowest BCUT2D eigenvalue weighted by Crippen LogP contribution is -2.25. The first-order chi connectivity index (χ1) is 8.52. The van der Waals surface area contributed by atoms with Crippen LogP contribution in [0.3, 0.4) is 0 Å². The number of amides is 1. The number of nitrogens with zero attached hydrogens (tertiary/aromatic N) is 1. The molecule has 0 aliphatic heterocycles. The highest BCUT2D eigenvalue weighted by Crippen LogP contribution is 2.27. The number of ether oxygens (including phenoxy) is 1. The van der Waals surface area contributed by atoms with Crippen molar-refractivity contribution in [2.45, 2.75) is 20.3 Å². The normalized spacial score (nSPS) is 11.2. The highest BCUT2D eigenvalue weighted by Gasteiger charge is 2.05. The van der Waals surface area contributed by atoms with Crippen LogP contribution < -0.4 is 10.2 Å². The molecule has 6 heteroatoms. The molecule has 1 rings (SSSR count). The fraction of sp³-hybridized carbons (Fsp3) is 0.333. The van der Waals surface area contributed by atoms with Gasteiger partial charge < -0.3 is 4.74 Å². The molecule has 0 radical (unpaired) electrons. The molecule has 0 bridgehead atoms. The van der Waals surface area contributed by atoms with E-state index < -0.39 is 0 Å². The smallest absolute Gasteiger partial charge is 0.277 e. The lowest BCUT2D eigenvalue weighted by molar-refractivity contribution is -0.123. The van der Waals surface area contributed by atoms with Gasteiger partial charge in [0.1, 0.15) is 5.75 Å². The van der Waals surface area contributed by atoms with Crippen LogP contribution in [-0.2, 0) is 4.79 Å². The summed E-state index contributed by atoms with van der Waals surface area (Å²) in [5, 5.41) is 4.75. The van der Waals surface area contributed by atoms with Gasteiger partial charge >= 0.3 is 0 Å². The highest BCUT2D eigenvalue weighted by atomic mass is 35.5. The fourth-order valence-electron chi connectivity index (χ4n) is 1.00. The van der Waals surface area contributed by atoms with Crippen molar-refractivity contribution >= 4 is 34.8 Å². The Morgan fingerprint density at radius 3 is 2.78 bits per heavy atom. The van der Waals surface area contributed by atoms with E-state index in [-0.39, 0.29) is 12.5 Å². The fourth-order valence-corrected chi connectivity index (χ4v) is 1.47. The van der Waals surface area contributed by atoms with Crippen LogP contribution in [0.15, 0.2) is 23.3 Å². The SMILES string of the molecule is CC/C(C)=N\NC(=O)COc1ccc(Cl)cc1Cl. The Kier molecular flexibility index (Phi) is 5.95. The van der Waals surface area contributed by atoms with E-state index >= 15 is 0 Å². The van der Waals surface area contributed by atoms with Crippen LogP contribution >= 0.6 is 23.2 Å². The van der Waals surface area contributed by atoms with Crippen LogP contribution in [0.25, 0.3) is 0 Å². The summed E-state index contributed by atoms with van der Waals surface area (Å²) in [6, 6.07) is 4.80. The Morgan fingerprint density at radius 1 is 1.44 bits per heavy atom. The zero-order valence-corrected chi connectivity index (χ0v) is 11.7. The van der Waals surface area contributed by atoms with E-state index in [1.807, 2.05) is 13.8 Å². The zero-order chi connectivity index (χ0) is 13.5. The summed E-state index contributed by atoms with van der Waals surface area (Å²) in [5.74, 6) is 0.0706. The van der Waals surface area contributed by atoms with Crippen LogP contribution in [0.5, 0.6) is 5.75 Å². The van der Waals surface area contributed by atoms with Crippen LogP contribution in [0.2, 0.25) is 10.0 Å². The summed E-state index contributed by atoms with van der Waals surface area (Å²) in [6.45, 7) is 3.63. The number of carbonyl (C=O) groups is 1. The molecule has 0 heterocycles. The minimum Gasteiger partial charge on any atom is -0.482 e. The number of rotatable bonds is 5. The molecule has 98 valence electrons. The minimum absolute atomic E-state index is 0.151. The maximum atomic E-state index is 11.4. The molecule has 1 aromatic rings. The molecule has 0 aliphatic carbocycles. The second-order valence-electron chi connectivity index (χ2n) is 3.60. The third-order valence-electron chi connectivity index (χ3n) is 2.14. The number of benzene rings is 1. The third kappa shape index (κ3) is 4.94. The number of carbonyl (C=O) groups excluding carboxylic acids is 1. The van der Waals surface area contributed by atoms with Crippen molar-refractivity contribution in [3.8, 4) is 5.75 Å². The van der Waals surface area contributed by atoms with Crippen molar-refractivity contribution in [2.75, 3.05) is 6.61 Å². The second-order valence-corrected chi connectivity index (χ2v) is 4.44. The van der Waals surface area contributed by atoms with Gasteiger partial charge in [-0.15, -0.1) is 0 Å². The van der Waals surface area contributed by atoms with Crippen molar-refractivity contribution in [1.29, 1.82) is 0 Å². The highest BCUT2D eigenvalue weighted by molar-refractivity contribution is 6.35. The van der Waals surface area contributed by atoms with Gasteiger partial charge in [0.05, 0.1) is 5.02 Å². The van der Waals surface area contributed by atoms with Crippen LogP contribution in [0.4, 0.5) is 0 Å². The summed E-state index contributed by atoms with van der Waals surface area (Å²) in [7, 11) is 0. The summed E-state index contributed by atoms with van der Waals surface area (Å²) in [6.07, 6.45) is 0.782. The van der Waals surface area contributed by atoms with Crippen LogP contribution in [0, 0.1) is 0 Å². The summed E-state index contributed by atoms with van der Waals surface area (Å²) in [5.41, 5.74) is 3.23. The molecule has 18 heavy (non-hydrogen) atoms. The molecule has 0 saturated carbocycles. The average Bonchev–Trinajstić information content (AvgIpc) is 2.34. The molecule has 4 nitrogen and oxygen atoms in total. The molecule has 0 atom stereocenters. The van der Waals surface area contributed by atoms with Crippen molar-refractivity contribution in [3.63, 3.8) is 0 Å². The Hall–Kier alpha value is -1.26. The largest absolute Gasteiger partial charge is 0.482 e. The average molecular weight is 289 g/mol. The van der Waals surface area contributed by atoms with E-state index in [0.29, 0.717) is 15.8 Å². The first kappa shape index (κ1) is 14.8. The van der Waals surface area contributed by atoms with Crippen LogP contribution in [-0.4, -0.2) is 18.2 Å². The Balaban J connectivity index is 2.47. The van der Waals surface area contributed by atoms with Gasteiger partial charge in [0.2, 0.25) is 0 Å². The molecule has 0 spiro atoms. The van der Waals surface area contributed by atoms with Crippen molar-refractivity contribution in [2.24, 2.45) is 5.10 Å². The van der Waals surface area contributed by atoms with E-state index in [1.165, 1.54) is 0 Å². The topological polar surface area (TPSA) is 50.7 Å². The Bertz CT molecular complexity index is 461. The van der Waals surface area contributed by atoms with Crippen molar-refractivity contribution in [3.05, 3.63) is 28.2 Å². The van der Waals surface area contributed by atoms with E-state index in [1.54, 1.807) is 18.2 Å². The Morgan fingerprint density at radius 2 is 2.17 bits per heavy atom. The zero-order valence-electron chi connectivity index (χ0n) is 10.2. The van der Waals surface area contributed by atoms with Gasteiger partial charge in [0.15, 0.2) is 6.61 Å². The van der Waals surface area contributed by atoms with Gasteiger partial charge in [0, 0.05) is 10.7 Å². The molecule has 1 N–H and O–H groups in total. The minimum atomic E-state index is -0.339. The predicted molar refractivity (Wildman–Crippen MR) is 73.5 cm³/mol. The molecule has 0 saturated heterocycles. The summed E-state index contributed by atoms with van der Waals surface area (Å²) >= 11 is 11.6. The Labute approximate surface area is 116 Å². The molecule has 0 aliphatic rings. The summed E-state index contributed by atoms with van der Waals surface area (Å²) in [4.78, 5) is 11.4. The number of hydrazone groups is 1. The molecular weight excluding hydrogens is 275 g/mol. The van der Waals surface area contributed by atoms with Gasteiger partial charge in [-0.05, 0) is 31.5 Å². The van der Waals surface area contributed by atoms with Gasteiger partial charge in [0.25, 0.3) is 5.91 Å². The first-order valence-electron chi connectivity index (χ1n) is 5.42. The second kappa shape index (κ2) is 7.24. The van der Waals surface area contributed by atoms with Crippen LogP contribution in [0.1, 0.15) is 20.3 Å². The van der Waals surface area contributed by atoms with E-state index in [0.717, 1.165) is 12.1 Å². The molecule has 0 aromatic heterocycles. The van der Waals surface area contributed by atoms with Gasteiger partial charge in [-0.25, -0.2) is 5.43 Å². The maximum absolute atomic E-state index is 11.4. The van der Waals surface area contributed by atoms with E-state index in [4.69, 9.17) is 27.9 Å². The van der Waals surface area contributed by atoms with Crippen molar-refractivity contribution in [1.82, 2.24) is 5.43 Å². The lowest BCUT2D eigenvalue weighted by atomic mass is 10.3. The third-order valence-corrected chi connectivity index (χ3v) is 2.67. The van der Waals surface area contributed by atoms with Gasteiger partial charge in [-0.3, -0.25) is 4.79 Å². The predicted octanol–water partition coefficient (Wildman–Crippen LogP) is 3.27. The van der Waals surface area contributed by atoms with Crippen molar-refractivity contribution < 1.29 is 9.53 Å². The van der Waals surface area contributed by atoms with E-state index in [2.05, 4.69) is 10.5 Å². The standard InChI is InChI=1S/C12H14Cl2N2O2/c1-3-8(2)15-16-12(17)7-18-11-5-4-9(13)6-10(11)14/h4-6H,3,7H2,1-2H3,(H,16,17)/b15-8-. The monoisotopic (exact) mass is 288 g/mol. The lowest BCUT2D eigenvalue weighted by Gasteiger charge is -2.07. The molecule has 1 amide bonds. The van der Waals surface area contributed by atoms with Gasteiger partial charge in [-0.1, -0.05) is 30.1 Å². The summed E-state index contributed by atoms with van der Waals surface area (Å²) < 4.78 is 5.25. The molecular formula is C12H14Cl2N2O2. The van der Waals surface area contributed by atoms with E-state index in [9.17, 15) is 4.79 Å². The van der Waals surface area contributed by atoms with Gasteiger partial charge in [-0.2, -0.15) is 5.10 Å². The first-order valence-corrected chi connectivity index (χ1v) is 6.18. The molecule has 0 unspecified atom stereocenters. The number of halogens is 2. The number of hydrogen-bond acceptors (Lipinski definition) is 3.